The van der Waals surface area contributed by atoms with E-state index in [1.807, 2.05) is 0 Å². The lowest BCUT2D eigenvalue weighted by Gasteiger charge is -2.06. The van der Waals surface area contributed by atoms with Gasteiger partial charge in [0, 0.05) is 42.7 Å². The van der Waals surface area contributed by atoms with Crippen molar-refractivity contribution in [2.24, 2.45) is 0 Å². The summed E-state index contributed by atoms with van der Waals surface area (Å²) in [5, 5.41) is 13.9. The molecule has 0 aliphatic rings. The van der Waals surface area contributed by atoms with E-state index in [1.165, 1.54) is 6.07 Å². The second-order valence-corrected chi connectivity index (χ2v) is 3.97. The average Bonchev–Trinajstić information content (AvgIpc) is 2.81. The molecule has 0 saturated carbocycles. The molecule has 2 rings (SSSR count). The summed E-state index contributed by atoms with van der Waals surface area (Å²) < 4.78 is 0. The van der Waals surface area contributed by atoms with Crippen LogP contribution in [0.15, 0.2) is 30.6 Å². The van der Waals surface area contributed by atoms with E-state index in [1.54, 1.807) is 31.5 Å². The summed E-state index contributed by atoms with van der Waals surface area (Å²) in [5.41, 5.74) is 1.68. The van der Waals surface area contributed by atoms with E-state index in [2.05, 4.69) is 15.3 Å². The largest absolute Gasteiger partial charge is 0.385 e. The molecule has 2 N–H and O–H groups in total. The number of aryl methyl sites for hydroxylation is 1. The fraction of sp³-hybridized carbons (Fsp3) is 0.250. The Morgan fingerprint density at radius 1 is 1.50 bits per heavy atom. The molecule has 1 aromatic heterocycles. The van der Waals surface area contributed by atoms with E-state index in [-0.39, 0.29) is 10.6 Å². The Morgan fingerprint density at radius 2 is 2.33 bits per heavy atom. The first-order chi connectivity index (χ1) is 8.66. The molecule has 2 aromatic rings. The molecule has 0 bridgehead atoms. The van der Waals surface area contributed by atoms with E-state index in [9.17, 15) is 10.1 Å². The molecule has 0 spiro atoms. The Labute approximate surface area is 104 Å². The quantitative estimate of drug-likeness (QED) is 0.626. The SMILES string of the molecule is Cc1cc(NCCc2ncc[nH]2)ccc1[N+](=O)[O-]. The molecule has 0 aliphatic carbocycles. The minimum absolute atomic E-state index is 0.145. The zero-order chi connectivity index (χ0) is 13.0. The number of nitrogens with one attached hydrogen (secondary N) is 2. The summed E-state index contributed by atoms with van der Waals surface area (Å²) in [6, 6.07) is 5.01. The second kappa shape index (κ2) is 5.31. The Morgan fingerprint density at radius 3 is 2.94 bits per heavy atom. The molecule has 1 aromatic carbocycles. The number of rotatable bonds is 5. The van der Waals surface area contributed by atoms with E-state index in [0.29, 0.717) is 5.56 Å². The second-order valence-electron chi connectivity index (χ2n) is 3.97. The molecule has 0 unspecified atom stereocenters. The van der Waals surface area contributed by atoms with Gasteiger partial charge in [0.25, 0.3) is 5.69 Å². The van der Waals surface area contributed by atoms with Gasteiger partial charge in [0.1, 0.15) is 5.82 Å². The van der Waals surface area contributed by atoms with Gasteiger partial charge in [-0.25, -0.2) is 4.98 Å². The smallest absolute Gasteiger partial charge is 0.272 e. The molecule has 0 aliphatic heterocycles. The maximum Gasteiger partial charge on any atom is 0.272 e. The maximum atomic E-state index is 10.7. The van der Waals surface area contributed by atoms with Gasteiger partial charge in [-0.05, 0) is 19.1 Å². The van der Waals surface area contributed by atoms with Crippen molar-refractivity contribution in [3.8, 4) is 0 Å². The fourth-order valence-electron chi connectivity index (χ4n) is 1.73. The van der Waals surface area contributed by atoms with Crippen LogP contribution in [0.4, 0.5) is 11.4 Å². The molecular weight excluding hydrogens is 232 g/mol. The van der Waals surface area contributed by atoms with Gasteiger partial charge in [0.05, 0.1) is 4.92 Å². The third kappa shape index (κ3) is 2.85. The zero-order valence-electron chi connectivity index (χ0n) is 10.0. The molecule has 0 atom stereocenters. The first-order valence-corrected chi connectivity index (χ1v) is 5.64. The summed E-state index contributed by atoms with van der Waals surface area (Å²) in [6.45, 7) is 2.46. The Kier molecular flexibility index (Phi) is 3.57. The van der Waals surface area contributed by atoms with Crippen LogP contribution in [0.5, 0.6) is 0 Å². The highest BCUT2D eigenvalue weighted by atomic mass is 16.6. The van der Waals surface area contributed by atoms with Gasteiger partial charge in [0.2, 0.25) is 0 Å². The summed E-state index contributed by atoms with van der Waals surface area (Å²) in [6.07, 6.45) is 4.28. The van der Waals surface area contributed by atoms with Crippen LogP contribution in [-0.4, -0.2) is 21.4 Å². The molecule has 0 saturated heterocycles. The number of H-pyrrole nitrogens is 1. The number of hydrogen-bond acceptors (Lipinski definition) is 4. The Bertz CT molecular complexity index is 537. The normalized spacial score (nSPS) is 10.3. The summed E-state index contributed by atoms with van der Waals surface area (Å²) in [5.74, 6) is 0.918. The lowest BCUT2D eigenvalue weighted by molar-refractivity contribution is -0.385. The van der Waals surface area contributed by atoms with E-state index in [0.717, 1.165) is 24.5 Å². The molecule has 1 heterocycles. The first-order valence-electron chi connectivity index (χ1n) is 5.64. The number of nitro groups is 1. The van der Waals surface area contributed by atoms with Crippen molar-refractivity contribution in [2.75, 3.05) is 11.9 Å². The number of aromatic nitrogens is 2. The lowest BCUT2D eigenvalue weighted by Crippen LogP contribution is -2.06. The maximum absolute atomic E-state index is 10.7. The number of nitro benzene ring substituents is 1. The van der Waals surface area contributed by atoms with Crippen molar-refractivity contribution in [1.82, 2.24) is 9.97 Å². The molecule has 18 heavy (non-hydrogen) atoms. The number of aromatic amines is 1. The number of imidazole rings is 1. The van der Waals surface area contributed by atoms with E-state index < -0.39 is 0 Å². The van der Waals surface area contributed by atoms with E-state index >= 15 is 0 Å². The van der Waals surface area contributed by atoms with Gasteiger partial charge < -0.3 is 10.3 Å². The third-order valence-corrected chi connectivity index (χ3v) is 2.64. The standard InChI is InChI=1S/C12H14N4O2/c1-9-8-10(2-3-11(9)16(17)18)13-5-4-12-14-6-7-15-12/h2-3,6-8,13H,4-5H2,1H3,(H,14,15). The monoisotopic (exact) mass is 246 g/mol. The van der Waals surface area contributed by atoms with Crippen molar-refractivity contribution in [3.63, 3.8) is 0 Å². The van der Waals surface area contributed by atoms with Crippen LogP contribution in [-0.2, 0) is 6.42 Å². The minimum Gasteiger partial charge on any atom is -0.385 e. The van der Waals surface area contributed by atoms with Crippen LogP contribution < -0.4 is 5.32 Å². The molecule has 94 valence electrons. The Balaban J connectivity index is 1.94. The lowest BCUT2D eigenvalue weighted by atomic mass is 10.2. The van der Waals surface area contributed by atoms with Gasteiger partial charge in [-0.1, -0.05) is 0 Å². The van der Waals surface area contributed by atoms with Crippen LogP contribution in [0.1, 0.15) is 11.4 Å². The first kappa shape index (κ1) is 12.1. The van der Waals surface area contributed by atoms with Crippen molar-refractivity contribution in [3.05, 3.63) is 52.1 Å². The molecule has 6 heteroatoms. The van der Waals surface area contributed by atoms with Crippen molar-refractivity contribution < 1.29 is 4.92 Å². The predicted octanol–water partition coefficient (Wildman–Crippen LogP) is 2.28. The highest BCUT2D eigenvalue weighted by molar-refractivity contribution is 5.53. The molecule has 0 radical (unpaired) electrons. The van der Waals surface area contributed by atoms with Crippen LogP contribution in [0.2, 0.25) is 0 Å². The van der Waals surface area contributed by atoms with Gasteiger partial charge in [-0.2, -0.15) is 0 Å². The summed E-state index contributed by atoms with van der Waals surface area (Å²) in [4.78, 5) is 17.4. The van der Waals surface area contributed by atoms with Crippen LogP contribution >= 0.6 is 0 Å². The average molecular weight is 246 g/mol. The van der Waals surface area contributed by atoms with Gasteiger partial charge >= 0.3 is 0 Å². The highest BCUT2D eigenvalue weighted by Crippen LogP contribution is 2.21. The molecule has 6 nitrogen and oxygen atoms in total. The summed E-state index contributed by atoms with van der Waals surface area (Å²) >= 11 is 0. The number of benzene rings is 1. The third-order valence-electron chi connectivity index (χ3n) is 2.64. The van der Waals surface area contributed by atoms with Crippen molar-refractivity contribution in [2.45, 2.75) is 13.3 Å². The van der Waals surface area contributed by atoms with Crippen LogP contribution in [0.25, 0.3) is 0 Å². The van der Waals surface area contributed by atoms with Gasteiger partial charge in [0.15, 0.2) is 0 Å². The van der Waals surface area contributed by atoms with Crippen molar-refractivity contribution in [1.29, 1.82) is 0 Å². The van der Waals surface area contributed by atoms with Crippen LogP contribution in [0.3, 0.4) is 0 Å². The molecular formula is C12H14N4O2. The van der Waals surface area contributed by atoms with Crippen LogP contribution in [0, 0.1) is 17.0 Å². The zero-order valence-corrected chi connectivity index (χ0v) is 10.0. The summed E-state index contributed by atoms with van der Waals surface area (Å²) in [7, 11) is 0. The van der Waals surface area contributed by atoms with Gasteiger partial charge in [-0.15, -0.1) is 0 Å². The Hall–Kier alpha value is -2.37. The predicted molar refractivity (Wildman–Crippen MR) is 68.6 cm³/mol. The molecule has 0 fully saturated rings. The fourth-order valence-corrected chi connectivity index (χ4v) is 1.73. The van der Waals surface area contributed by atoms with Crippen molar-refractivity contribution >= 4 is 11.4 Å². The van der Waals surface area contributed by atoms with E-state index in [4.69, 9.17) is 0 Å². The number of anilines is 1. The number of nitrogens with zero attached hydrogens (tertiary/aromatic N) is 2. The number of hydrogen-bond donors (Lipinski definition) is 2. The van der Waals surface area contributed by atoms with Gasteiger partial charge in [-0.3, -0.25) is 10.1 Å². The topological polar surface area (TPSA) is 83.8 Å². The molecule has 0 amide bonds. The minimum atomic E-state index is -0.373. The highest BCUT2D eigenvalue weighted by Gasteiger charge is 2.09.